The lowest BCUT2D eigenvalue weighted by Crippen LogP contribution is -2.38. The zero-order chi connectivity index (χ0) is 15.6. The van der Waals surface area contributed by atoms with Gasteiger partial charge in [0.2, 0.25) is 0 Å². The first kappa shape index (κ1) is 19.8. The standard InChI is InChI=1S/C15H22N6S.HI/c1-3-21-12-19-20-14(21)11-18-15(16-2)17-9-10-22-13-7-5-4-6-8-13;/h4-8,12H,3,9-11H2,1-2H3,(H2,16,17,18);1H. The van der Waals surface area contributed by atoms with Crippen LogP contribution >= 0.6 is 35.7 Å². The zero-order valence-corrected chi connectivity index (χ0v) is 16.5. The van der Waals surface area contributed by atoms with E-state index in [-0.39, 0.29) is 24.0 Å². The Morgan fingerprint density at radius 3 is 2.74 bits per heavy atom. The molecule has 6 nitrogen and oxygen atoms in total. The van der Waals surface area contributed by atoms with Crippen molar-refractivity contribution in [3.63, 3.8) is 0 Å². The number of hydrogen-bond donors (Lipinski definition) is 2. The second-order valence-electron chi connectivity index (χ2n) is 4.55. The molecular formula is C15H23IN6S. The van der Waals surface area contributed by atoms with E-state index >= 15 is 0 Å². The van der Waals surface area contributed by atoms with Crippen molar-refractivity contribution >= 4 is 41.7 Å². The Balaban J connectivity index is 0.00000264. The second kappa shape index (κ2) is 11.3. The van der Waals surface area contributed by atoms with E-state index in [9.17, 15) is 0 Å². The van der Waals surface area contributed by atoms with Crippen molar-refractivity contribution in [2.75, 3.05) is 19.3 Å². The second-order valence-corrected chi connectivity index (χ2v) is 5.72. The molecule has 0 unspecified atom stereocenters. The number of halogens is 1. The monoisotopic (exact) mass is 446 g/mol. The van der Waals surface area contributed by atoms with Crippen LogP contribution in [0.4, 0.5) is 0 Å². The lowest BCUT2D eigenvalue weighted by Gasteiger charge is -2.11. The summed E-state index contributed by atoms with van der Waals surface area (Å²) in [6, 6.07) is 10.4. The van der Waals surface area contributed by atoms with E-state index in [1.807, 2.05) is 22.4 Å². The average molecular weight is 446 g/mol. The van der Waals surface area contributed by atoms with E-state index in [0.29, 0.717) is 6.54 Å². The Kier molecular flexibility index (Phi) is 9.69. The lowest BCUT2D eigenvalue weighted by molar-refractivity contribution is 0.671. The fourth-order valence-electron chi connectivity index (χ4n) is 1.92. The number of hydrogen-bond acceptors (Lipinski definition) is 4. The molecular weight excluding hydrogens is 423 g/mol. The summed E-state index contributed by atoms with van der Waals surface area (Å²) in [5, 5.41) is 14.6. The van der Waals surface area contributed by atoms with Crippen molar-refractivity contribution in [1.82, 2.24) is 25.4 Å². The van der Waals surface area contributed by atoms with Gasteiger partial charge in [0.05, 0.1) is 6.54 Å². The summed E-state index contributed by atoms with van der Waals surface area (Å²) < 4.78 is 2.01. The van der Waals surface area contributed by atoms with Crippen molar-refractivity contribution in [3.8, 4) is 0 Å². The van der Waals surface area contributed by atoms with Crippen LogP contribution in [-0.4, -0.2) is 40.1 Å². The summed E-state index contributed by atoms with van der Waals surface area (Å²) in [5.41, 5.74) is 0. The largest absolute Gasteiger partial charge is 0.356 e. The van der Waals surface area contributed by atoms with E-state index in [1.54, 1.807) is 13.4 Å². The molecule has 1 heterocycles. The minimum atomic E-state index is 0. The number of benzene rings is 1. The minimum absolute atomic E-state index is 0. The molecule has 23 heavy (non-hydrogen) atoms. The zero-order valence-electron chi connectivity index (χ0n) is 13.4. The van der Waals surface area contributed by atoms with Crippen molar-refractivity contribution in [1.29, 1.82) is 0 Å². The third-order valence-electron chi connectivity index (χ3n) is 3.08. The molecule has 2 N–H and O–H groups in total. The van der Waals surface area contributed by atoms with Crippen molar-refractivity contribution in [2.45, 2.75) is 24.9 Å². The molecule has 0 bridgehead atoms. The molecule has 0 atom stereocenters. The number of nitrogens with zero attached hydrogens (tertiary/aromatic N) is 4. The van der Waals surface area contributed by atoms with Gasteiger partial charge in [0.25, 0.3) is 0 Å². The van der Waals surface area contributed by atoms with E-state index in [4.69, 9.17) is 0 Å². The van der Waals surface area contributed by atoms with Crippen LogP contribution in [0.15, 0.2) is 46.5 Å². The first-order valence-corrected chi connectivity index (χ1v) is 8.31. The normalized spacial score (nSPS) is 11.0. The van der Waals surface area contributed by atoms with Gasteiger partial charge in [-0.3, -0.25) is 4.99 Å². The molecule has 2 aromatic rings. The molecule has 8 heteroatoms. The van der Waals surface area contributed by atoms with Gasteiger partial charge in [-0.15, -0.1) is 45.9 Å². The predicted molar refractivity (Wildman–Crippen MR) is 106 cm³/mol. The van der Waals surface area contributed by atoms with Crippen molar-refractivity contribution in [3.05, 3.63) is 42.5 Å². The number of guanidine groups is 1. The summed E-state index contributed by atoms with van der Waals surface area (Å²) in [6.45, 7) is 4.39. The van der Waals surface area contributed by atoms with Gasteiger partial charge in [-0.1, -0.05) is 18.2 Å². The van der Waals surface area contributed by atoms with Crippen LogP contribution in [-0.2, 0) is 13.1 Å². The molecule has 0 radical (unpaired) electrons. The van der Waals surface area contributed by atoms with Gasteiger partial charge in [0.15, 0.2) is 11.8 Å². The van der Waals surface area contributed by atoms with Gasteiger partial charge in [-0.2, -0.15) is 0 Å². The third kappa shape index (κ3) is 6.78. The average Bonchev–Trinajstić information content (AvgIpc) is 3.02. The summed E-state index contributed by atoms with van der Waals surface area (Å²) in [6.07, 6.45) is 1.74. The maximum Gasteiger partial charge on any atom is 0.191 e. The number of aryl methyl sites for hydroxylation is 1. The van der Waals surface area contributed by atoms with Crippen molar-refractivity contribution in [2.24, 2.45) is 4.99 Å². The van der Waals surface area contributed by atoms with Gasteiger partial charge in [-0.25, -0.2) is 0 Å². The van der Waals surface area contributed by atoms with E-state index in [0.717, 1.165) is 30.6 Å². The van der Waals surface area contributed by atoms with E-state index in [1.165, 1.54) is 4.90 Å². The molecule has 0 spiro atoms. The maximum atomic E-state index is 4.22. The van der Waals surface area contributed by atoms with Gasteiger partial charge in [0.1, 0.15) is 6.33 Å². The third-order valence-corrected chi connectivity index (χ3v) is 4.09. The van der Waals surface area contributed by atoms with Gasteiger partial charge < -0.3 is 15.2 Å². The Labute approximate surface area is 158 Å². The highest BCUT2D eigenvalue weighted by atomic mass is 127. The number of aromatic nitrogens is 3. The SMILES string of the molecule is CCn1cnnc1CNC(=NC)NCCSc1ccccc1.I. The topological polar surface area (TPSA) is 67.1 Å². The number of nitrogens with one attached hydrogen (secondary N) is 2. The maximum absolute atomic E-state index is 4.22. The molecule has 0 aliphatic heterocycles. The molecule has 126 valence electrons. The Hall–Kier alpha value is -1.29. The van der Waals surface area contributed by atoms with Crippen LogP contribution in [0, 0.1) is 0 Å². The van der Waals surface area contributed by atoms with Crippen LogP contribution in [0.2, 0.25) is 0 Å². The minimum Gasteiger partial charge on any atom is -0.356 e. The number of aliphatic imine (C=N–C) groups is 1. The number of thioether (sulfide) groups is 1. The fourth-order valence-corrected chi connectivity index (χ4v) is 2.71. The molecule has 0 saturated carbocycles. The quantitative estimate of drug-likeness (QED) is 0.225. The predicted octanol–water partition coefficient (Wildman–Crippen LogP) is 2.37. The molecule has 0 aliphatic rings. The lowest BCUT2D eigenvalue weighted by atomic mass is 10.4. The molecule has 0 saturated heterocycles. The Morgan fingerprint density at radius 2 is 2.04 bits per heavy atom. The highest BCUT2D eigenvalue weighted by Crippen LogP contribution is 2.15. The molecule has 0 amide bonds. The molecule has 0 aliphatic carbocycles. The highest BCUT2D eigenvalue weighted by Gasteiger charge is 2.04. The van der Waals surface area contributed by atoms with Crippen LogP contribution in [0.25, 0.3) is 0 Å². The Bertz CT molecular complexity index is 587. The molecule has 0 fully saturated rings. The van der Waals surface area contributed by atoms with Crippen LogP contribution in [0.5, 0.6) is 0 Å². The smallest absolute Gasteiger partial charge is 0.191 e. The van der Waals surface area contributed by atoms with Crippen LogP contribution < -0.4 is 10.6 Å². The Morgan fingerprint density at radius 1 is 1.26 bits per heavy atom. The molecule has 1 aromatic carbocycles. The molecule has 1 aromatic heterocycles. The van der Waals surface area contributed by atoms with Gasteiger partial charge in [0, 0.05) is 30.8 Å². The van der Waals surface area contributed by atoms with E-state index < -0.39 is 0 Å². The first-order chi connectivity index (χ1) is 10.8. The number of rotatable bonds is 7. The van der Waals surface area contributed by atoms with Crippen LogP contribution in [0.1, 0.15) is 12.7 Å². The summed E-state index contributed by atoms with van der Waals surface area (Å²) in [7, 11) is 1.77. The van der Waals surface area contributed by atoms with Crippen molar-refractivity contribution < 1.29 is 0 Å². The highest BCUT2D eigenvalue weighted by molar-refractivity contribution is 14.0. The van der Waals surface area contributed by atoms with Gasteiger partial charge >= 0.3 is 0 Å². The fraction of sp³-hybridized carbons (Fsp3) is 0.400. The van der Waals surface area contributed by atoms with Crippen LogP contribution in [0.3, 0.4) is 0 Å². The summed E-state index contributed by atoms with van der Waals surface area (Å²) in [4.78, 5) is 5.50. The van der Waals surface area contributed by atoms with Gasteiger partial charge in [-0.05, 0) is 19.1 Å². The van der Waals surface area contributed by atoms with E-state index in [2.05, 4.69) is 57.0 Å². The summed E-state index contributed by atoms with van der Waals surface area (Å²) >= 11 is 1.82. The molecule has 2 rings (SSSR count). The first-order valence-electron chi connectivity index (χ1n) is 7.32. The summed E-state index contributed by atoms with van der Waals surface area (Å²) in [5.74, 6) is 2.67.